The number of aryl methyl sites for hydroxylation is 1. The average molecular weight is 390 g/mol. The largest absolute Gasteiger partial charge is 0.493 e. The summed E-state index contributed by atoms with van der Waals surface area (Å²) < 4.78 is 15.8. The zero-order chi connectivity index (χ0) is 20.5. The smallest absolute Gasteiger partial charge is 0.338 e. The number of nitrogens with one attached hydrogen (secondary N) is 2. The van der Waals surface area contributed by atoms with E-state index in [0.29, 0.717) is 12.2 Å². The SMILES string of the molecule is CCOC(=O)C1=C(COC(=O)CCOc2ccc(C)cc2)NC(=O)N[C@@H]1CC. The third kappa shape index (κ3) is 6.00. The van der Waals surface area contributed by atoms with Crippen LogP contribution in [0.4, 0.5) is 4.79 Å². The number of esters is 2. The van der Waals surface area contributed by atoms with E-state index in [1.165, 1.54) is 0 Å². The van der Waals surface area contributed by atoms with Crippen molar-refractivity contribution in [1.82, 2.24) is 10.6 Å². The predicted molar refractivity (Wildman–Crippen MR) is 102 cm³/mol. The van der Waals surface area contributed by atoms with Gasteiger partial charge in [-0.1, -0.05) is 24.6 Å². The Kier molecular flexibility index (Phi) is 7.86. The van der Waals surface area contributed by atoms with E-state index in [1.54, 1.807) is 6.92 Å². The van der Waals surface area contributed by atoms with Crippen LogP contribution in [-0.4, -0.2) is 43.8 Å². The van der Waals surface area contributed by atoms with Crippen LogP contribution in [0.1, 0.15) is 32.3 Å². The van der Waals surface area contributed by atoms with Gasteiger partial charge in [0.15, 0.2) is 0 Å². The number of carbonyl (C=O) groups excluding carboxylic acids is 3. The Morgan fingerprint density at radius 1 is 1.11 bits per heavy atom. The maximum atomic E-state index is 12.3. The Morgan fingerprint density at radius 3 is 2.46 bits per heavy atom. The second kappa shape index (κ2) is 10.3. The summed E-state index contributed by atoms with van der Waals surface area (Å²) in [6, 6.07) is 6.54. The molecule has 1 aliphatic heterocycles. The van der Waals surface area contributed by atoms with Crippen LogP contribution in [0.5, 0.6) is 5.75 Å². The fraction of sp³-hybridized carbons (Fsp3) is 0.450. The molecule has 152 valence electrons. The van der Waals surface area contributed by atoms with Crippen molar-refractivity contribution in [3.8, 4) is 5.75 Å². The number of rotatable bonds is 9. The molecule has 0 bridgehead atoms. The molecular formula is C20H26N2O6. The van der Waals surface area contributed by atoms with Crippen LogP contribution >= 0.6 is 0 Å². The third-order valence-corrected chi connectivity index (χ3v) is 4.12. The second-order valence-electron chi connectivity index (χ2n) is 6.24. The maximum Gasteiger partial charge on any atom is 0.338 e. The van der Waals surface area contributed by atoms with Crippen molar-refractivity contribution in [2.24, 2.45) is 0 Å². The minimum Gasteiger partial charge on any atom is -0.493 e. The minimum absolute atomic E-state index is 0.0410. The van der Waals surface area contributed by atoms with Gasteiger partial charge in [-0.05, 0) is 32.4 Å². The normalized spacial score (nSPS) is 16.1. The average Bonchev–Trinajstić information content (AvgIpc) is 2.67. The molecule has 0 unspecified atom stereocenters. The van der Waals surface area contributed by atoms with Gasteiger partial charge in [-0.25, -0.2) is 9.59 Å². The van der Waals surface area contributed by atoms with Gasteiger partial charge in [0.25, 0.3) is 0 Å². The fourth-order valence-corrected chi connectivity index (χ4v) is 2.69. The third-order valence-electron chi connectivity index (χ3n) is 4.12. The molecule has 8 heteroatoms. The summed E-state index contributed by atoms with van der Waals surface area (Å²) in [6.45, 7) is 5.65. The molecule has 1 aromatic rings. The van der Waals surface area contributed by atoms with E-state index >= 15 is 0 Å². The lowest BCUT2D eigenvalue weighted by atomic mass is 10.0. The number of amides is 2. The molecule has 1 aromatic carbocycles. The van der Waals surface area contributed by atoms with E-state index in [-0.39, 0.29) is 37.5 Å². The summed E-state index contributed by atoms with van der Waals surface area (Å²) in [4.78, 5) is 36.0. The molecule has 0 aliphatic carbocycles. The van der Waals surface area contributed by atoms with Gasteiger partial charge in [0.2, 0.25) is 0 Å². The van der Waals surface area contributed by atoms with Gasteiger partial charge < -0.3 is 24.8 Å². The maximum absolute atomic E-state index is 12.3. The van der Waals surface area contributed by atoms with E-state index < -0.39 is 24.0 Å². The quantitative estimate of drug-likeness (QED) is 0.627. The van der Waals surface area contributed by atoms with Crippen LogP contribution in [0.15, 0.2) is 35.5 Å². The Hall–Kier alpha value is -3.03. The van der Waals surface area contributed by atoms with Crippen molar-refractivity contribution >= 4 is 18.0 Å². The molecule has 1 atom stereocenters. The van der Waals surface area contributed by atoms with Gasteiger partial charge in [-0.15, -0.1) is 0 Å². The van der Waals surface area contributed by atoms with Gasteiger partial charge in [0.1, 0.15) is 12.4 Å². The van der Waals surface area contributed by atoms with Crippen LogP contribution in [0.25, 0.3) is 0 Å². The lowest BCUT2D eigenvalue weighted by Gasteiger charge is -2.28. The number of ether oxygens (including phenoxy) is 3. The first kappa shape index (κ1) is 21.3. The number of urea groups is 1. The zero-order valence-corrected chi connectivity index (χ0v) is 16.4. The number of hydrogen-bond acceptors (Lipinski definition) is 6. The van der Waals surface area contributed by atoms with Gasteiger partial charge in [0.05, 0.1) is 36.9 Å². The standard InChI is InChI=1S/C20H26N2O6/c1-4-15-18(19(24)26-5-2)16(22-20(25)21-15)12-28-17(23)10-11-27-14-8-6-13(3)7-9-14/h6-9,15H,4-5,10-12H2,1-3H3,(H2,21,22,25)/t15-/m1/s1. The molecule has 2 rings (SSSR count). The fourth-order valence-electron chi connectivity index (χ4n) is 2.69. The molecule has 0 radical (unpaired) electrons. The molecule has 28 heavy (non-hydrogen) atoms. The molecule has 8 nitrogen and oxygen atoms in total. The molecule has 0 saturated heterocycles. The number of benzene rings is 1. The number of hydrogen-bond donors (Lipinski definition) is 2. The first-order valence-electron chi connectivity index (χ1n) is 9.27. The van der Waals surface area contributed by atoms with E-state index in [9.17, 15) is 14.4 Å². The predicted octanol–water partition coefficient (Wildman–Crippen LogP) is 2.22. The highest BCUT2D eigenvalue weighted by Crippen LogP contribution is 2.17. The van der Waals surface area contributed by atoms with Crippen LogP contribution in [0.2, 0.25) is 0 Å². The van der Waals surface area contributed by atoms with Gasteiger partial charge in [0, 0.05) is 0 Å². The summed E-state index contributed by atoms with van der Waals surface area (Å²) in [5.41, 5.74) is 1.63. The van der Waals surface area contributed by atoms with Crippen LogP contribution in [0, 0.1) is 6.92 Å². The molecule has 0 saturated carbocycles. The number of carbonyl (C=O) groups is 3. The second-order valence-corrected chi connectivity index (χ2v) is 6.24. The highest BCUT2D eigenvalue weighted by Gasteiger charge is 2.31. The van der Waals surface area contributed by atoms with Crippen molar-refractivity contribution in [2.45, 2.75) is 39.7 Å². The zero-order valence-electron chi connectivity index (χ0n) is 16.4. The van der Waals surface area contributed by atoms with Crippen molar-refractivity contribution in [3.05, 3.63) is 41.1 Å². The summed E-state index contributed by atoms with van der Waals surface area (Å²) in [7, 11) is 0. The van der Waals surface area contributed by atoms with Crippen molar-refractivity contribution in [2.75, 3.05) is 19.8 Å². The minimum atomic E-state index is -0.546. The van der Waals surface area contributed by atoms with Crippen LogP contribution in [0.3, 0.4) is 0 Å². The molecule has 0 fully saturated rings. The molecule has 2 N–H and O–H groups in total. The van der Waals surface area contributed by atoms with Gasteiger partial charge in [-0.2, -0.15) is 0 Å². The summed E-state index contributed by atoms with van der Waals surface area (Å²) in [5.74, 6) is -0.374. The summed E-state index contributed by atoms with van der Waals surface area (Å²) in [6.07, 6.45) is 0.544. The summed E-state index contributed by atoms with van der Waals surface area (Å²) in [5, 5.41) is 5.19. The van der Waals surface area contributed by atoms with Crippen molar-refractivity contribution < 1.29 is 28.6 Å². The van der Waals surface area contributed by atoms with Crippen LogP contribution < -0.4 is 15.4 Å². The summed E-state index contributed by atoms with van der Waals surface area (Å²) >= 11 is 0. The Labute approximate surface area is 164 Å². The topological polar surface area (TPSA) is 103 Å². The van der Waals surface area contributed by atoms with E-state index in [4.69, 9.17) is 14.2 Å². The molecule has 1 heterocycles. The van der Waals surface area contributed by atoms with E-state index in [0.717, 1.165) is 5.56 Å². The molecule has 1 aliphatic rings. The van der Waals surface area contributed by atoms with E-state index in [2.05, 4.69) is 10.6 Å². The van der Waals surface area contributed by atoms with Crippen molar-refractivity contribution in [3.63, 3.8) is 0 Å². The van der Waals surface area contributed by atoms with Gasteiger partial charge >= 0.3 is 18.0 Å². The molecule has 2 amide bonds. The first-order valence-corrected chi connectivity index (χ1v) is 9.27. The van der Waals surface area contributed by atoms with E-state index in [1.807, 2.05) is 38.1 Å². The Morgan fingerprint density at radius 2 is 1.82 bits per heavy atom. The Balaban J connectivity index is 1.92. The highest BCUT2D eigenvalue weighted by atomic mass is 16.5. The molecule has 0 aromatic heterocycles. The molecule has 0 spiro atoms. The Bertz CT molecular complexity index is 742. The lowest BCUT2D eigenvalue weighted by molar-refractivity contribution is -0.144. The van der Waals surface area contributed by atoms with Gasteiger partial charge in [-0.3, -0.25) is 4.79 Å². The monoisotopic (exact) mass is 390 g/mol. The first-order chi connectivity index (χ1) is 13.4. The van der Waals surface area contributed by atoms with Crippen LogP contribution in [-0.2, 0) is 19.1 Å². The highest BCUT2D eigenvalue weighted by molar-refractivity contribution is 5.94. The lowest BCUT2D eigenvalue weighted by Crippen LogP contribution is -2.51. The molecular weight excluding hydrogens is 364 g/mol. The van der Waals surface area contributed by atoms with Crippen molar-refractivity contribution in [1.29, 1.82) is 0 Å².